The van der Waals surface area contributed by atoms with Crippen LogP contribution in [0.3, 0.4) is 0 Å². The first-order valence-corrected chi connectivity index (χ1v) is 16.0. The number of H-pyrrole nitrogens is 1. The van der Waals surface area contributed by atoms with Crippen LogP contribution < -0.4 is 25.0 Å². The Morgan fingerprint density at radius 3 is 2.67 bits per heavy atom. The quantitative estimate of drug-likeness (QED) is 0.168. The molecule has 2 aliphatic rings. The summed E-state index contributed by atoms with van der Waals surface area (Å²) >= 11 is 0. The molecule has 0 aliphatic carbocycles. The minimum absolute atomic E-state index is 0.0750. The third kappa shape index (κ3) is 7.09. The SMILES string of the molecule is COc1ccc2[nH]cc(CCNC(=O)CCCCCCNC(=O)Oc3ccc4c(c3)CN3CCc5ccccc5C3N4C)c2c1. The van der Waals surface area contributed by atoms with Gasteiger partial charge in [-0.25, -0.2) is 4.79 Å². The summed E-state index contributed by atoms with van der Waals surface area (Å²) in [6.45, 7) is 2.98. The van der Waals surface area contributed by atoms with E-state index < -0.39 is 6.09 Å². The fourth-order valence-electron chi connectivity index (χ4n) is 6.68. The summed E-state index contributed by atoms with van der Waals surface area (Å²) in [5.41, 5.74) is 7.36. The normalized spacial score (nSPS) is 15.6. The maximum absolute atomic E-state index is 12.5. The van der Waals surface area contributed by atoms with E-state index in [-0.39, 0.29) is 12.1 Å². The summed E-state index contributed by atoms with van der Waals surface area (Å²) in [5.74, 6) is 1.46. The Morgan fingerprint density at radius 1 is 0.933 bits per heavy atom. The Kier molecular flexibility index (Phi) is 9.55. The Bertz CT molecular complexity index is 1650. The molecule has 1 aromatic heterocycles. The summed E-state index contributed by atoms with van der Waals surface area (Å²) in [4.78, 5) is 32.8. The van der Waals surface area contributed by atoms with Crippen molar-refractivity contribution < 1.29 is 19.1 Å². The van der Waals surface area contributed by atoms with Gasteiger partial charge in [-0.15, -0.1) is 0 Å². The van der Waals surface area contributed by atoms with Gasteiger partial charge in [-0.2, -0.15) is 0 Å². The minimum Gasteiger partial charge on any atom is -0.497 e. The predicted molar refractivity (Wildman–Crippen MR) is 177 cm³/mol. The highest BCUT2D eigenvalue weighted by atomic mass is 16.6. The molecule has 9 heteroatoms. The van der Waals surface area contributed by atoms with Gasteiger partial charge < -0.3 is 30.0 Å². The number of unbranched alkanes of at least 4 members (excludes halogenated alkanes) is 3. The first kappa shape index (κ1) is 30.5. The van der Waals surface area contributed by atoms with Crippen molar-refractivity contribution in [3.63, 3.8) is 0 Å². The average molecular weight is 610 g/mol. The number of rotatable bonds is 12. The van der Waals surface area contributed by atoms with E-state index in [1.807, 2.05) is 36.5 Å². The molecule has 0 bridgehead atoms. The lowest BCUT2D eigenvalue weighted by molar-refractivity contribution is -0.121. The van der Waals surface area contributed by atoms with Crippen molar-refractivity contribution in [2.75, 3.05) is 38.7 Å². The standard InChI is InChI=1S/C36H43N5O4/c1-40-33-15-13-29(21-27(33)24-41-20-17-25-9-6-7-10-30(25)35(40)41)45-36(43)38-18-8-4-3-5-11-34(42)37-19-16-26-23-39-32-14-12-28(44-2)22-31(26)32/h6-7,9-10,12-15,21-23,35,39H,3-5,8,11,16-20,24H2,1-2H3,(H,37,42)(H,38,43). The Labute approximate surface area is 264 Å². The molecule has 0 radical (unpaired) electrons. The molecule has 2 aliphatic heterocycles. The van der Waals surface area contributed by atoms with E-state index >= 15 is 0 Å². The zero-order chi connectivity index (χ0) is 31.2. The van der Waals surface area contributed by atoms with Crippen LogP contribution in [0.1, 0.15) is 60.5 Å². The molecule has 1 unspecified atom stereocenters. The lowest BCUT2D eigenvalue weighted by atomic mass is 9.93. The maximum atomic E-state index is 12.5. The van der Waals surface area contributed by atoms with Gasteiger partial charge in [-0.05, 0) is 84.3 Å². The van der Waals surface area contributed by atoms with Crippen LogP contribution in [-0.4, -0.2) is 55.7 Å². The zero-order valence-electron chi connectivity index (χ0n) is 26.2. The number of ether oxygens (including phenoxy) is 2. The highest BCUT2D eigenvalue weighted by Crippen LogP contribution is 2.42. The second kappa shape index (κ2) is 14.1. The summed E-state index contributed by atoms with van der Waals surface area (Å²) in [6.07, 6.45) is 7.65. The van der Waals surface area contributed by atoms with Crippen molar-refractivity contribution in [3.8, 4) is 11.5 Å². The van der Waals surface area contributed by atoms with E-state index in [0.717, 1.165) is 73.8 Å². The number of carbonyl (C=O) groups excluding carboxylic acids is 2. The second-order valence-electron chi connectivity index (χ2n) is 12.0. The number of nitrogens with zero attached hydrogens (tertiary/aromatic N) is 2. The number of hydrogen-bond acceptors (Lipinski definition) is 6. The van der Waals surface area contributed by atoms with Gasteiger partial charge in [0.2, 0.25) is 5.91 Å². The fourth-order valence-corrected chi connectivity index (χ4v) is 6.68. The largest absolute Gasteiger partial charge is 0.497 e. The molecule has 3 N–H and O–H groups in total. The van der Waals surface area contributed by atoms with Crippen LogP contribution in [0.2, 0.25) is 0 Å². The van der Waals surface area contributed by atoms with Crippen molar-refractivity contribution >= 4 is 28.6 Å². The Hall–Kier alpha value is -4.50. The van der Waals surface area contributed by atoms with E-state index in [2.05, 4.69) is 62.8 Å². The molecule has 0 saturated carbocycles. The van der Waals surface area contributed by atoms with Crippen LogP contribution in [-0.2, 0) is 24.2 Å². The van der Waals surface area contributed by atoms with Crippen molar-refractivity contribution in [2.24, 2.45) is 0 Å². The van der Waals surface area contributed by atoms with Crippen LogP contribution in [0.4, 0.5) is 10.5 Å². The number of carbonyl (C=O) groups is 2. The smallest absolute Gasteiger partial charge is 0.412 e. The van der Waals surface area contributed by atoms with Gasteiger partial charge >= 0.3 is 6.09 Å². The summed E-state index contributed by atoms with van der Waals surface area (Å²) in [6, 6.07) is 20.6. The van der Waals surface area contributed by atoms with Gasteiger partial charge in [0.05, 0.1) is 7.11 Å². The second-order valence-corrected chi connectivity index (χ2v) is 12.0. The minimum atomic E-state index is -0.433. The van der Waals surface area contributed by atoms with Crippen molar-refractivity contribution in [3.05, 3.63) is 89.1 Å². The van der Waals surface area contributed by atoms with E-state index in [0.29, 0.717) is 25.3 Å². The molecule has 3 aromatic carbocycles. The lowest BCUT2D eigenvalue weighted by Gasteiger charge is -2.47. The van der Waals surface area contributed by atoms with Gasteiger partial charge in [-0.3, -0.25) is 9.69 Å². The number of hydrogen-bond donors (Lipinski definition) is 3. The molecule has 2 amide bonds. The number of aromatic nitrogens is 1. The molecule has 1 atom stereocenters. The molecule has 9 nitrogen and oxygen atoms in total. The monoisotopic (exact) mass is 609 g/mol. The summed E-state index contributed by atoms with van der Waals surface area (Å²) in [5, 5.41) is 7.02. The topological polar surface area (TPSA) is 98.9 Å². The molecule has 3 heterocycles. The molecule has 0 fully saturated rings. The highest BCUT2D eigenvalue weighted by molar-refractivity contribution is 5.84. The third-order valence-corrected chi connectivity index (χ3v) is 9.02. The number of benzene rings is 3. The van der Waals surface area contributed by atoms with E-state index in [1.165, 1.54) is 22.4 Å². The highest BCUT2D eigenvalue weighted by Gasteiger charge is 2.35. The Morgan fingerprint density at radius 2 is 1.78 bits per heavy atom. The van der Waals surface area contributed by atoms with E-state index in [1.54, 1.807) is 7.11 Å². The van der Waals surface area contributed by atoms with Gasteiger partial charge in [0.15, 0.2) is 0 Å². The van der Waals surface area contributed by atoms with Gasteiger partial charge in [0.1, 0.15) is 17.7 Å². The number of nitrogens with one attached hydrogen (secondary N) is 3. The van der Waals surface area contributed by atoms with E-state index in [9.17, 15) is 9.59 Å². The molecule has 0 spiro atoms. The predicted octanol–water partition coefficient (Wildman–Crippen LogP) is 6.08. The molecular formula is C36H43N5O4. The number of aromatic amines is 1. The summed E-state index contributed by atoms with van der Waals surface area (Å²) in [7, 11) is 3.80. The van der Waals surface area contributed by atoms with Crippen molar-refractivity contribution in [2.45, 2.75) is 57.7 Å². The number of methoxy groups -OCH3 is 1. The van der Waals surface area contributed by atoms with Gasteiger partial charge in [0, 0.05) is 62.4 Å². The first-order valence-electron chi connectivity index (χ1n) is 16.0. The molecule has 0 saturated heterocycles. The maximum Gasteiger partial charge on any atom is 0.412 e. The molecule has 45 heavy (non-hydrogen) atoms. The number of amides is 2. The van der Waals surface area contributed by atoms with Gasteiger partial charge in [0.25, 0.3) is 0 Å². The third-order valence-electron chi connectivity index (χ3n) is 9.02. The number of fused-ring (bicyclic) bond motifs is 5. The number of anilines is 1. The Balaban J connectivity index is 0.859. The van der Waals surface area contributed by atoms with Crippen LogP contribution in [0.25, 0.3) is 10.9 Å². The molecular weight excluding hydrogens is 566 g/mol. The van der Waals surface area contributed by atoms with Crippen LogP contribution >= 0.6 is 0 Å². The van der Waals surface area contributed by atoms with Crippen LogP contribution in [0.5, 0.6) is 11.5 Å². The van der Waals surface area contributed by atoms with Crippen LogP contribution in [0.15, 0.2) is 66.9 Å². The zero-order valence-corrected chi connectivity index (χ0v) is 26.2. The fraction of sp³-hybridized carbons (Fsp3) is 0.389. The summed E-state index contributed by atoms with van der Waals surface area (Å²) < 4.78 is 11.0. The van der Waals surface area contributed by atoms with Gasteiger partial charge in [-0.1, -0.05) is 37.1 Å². The van der Waals surface area contributed by atoms with E-state index in [4.69, 9.17) is 9.47 Å². The molecule has 236 valence electrons. The van der Waals surface area contributed by atoms with Crippen molar-refractivity contribution in [1.29, 1.82) is 0 Å². The van der Waals surface area contributed by atoms with Crippen molar-refractivity contribution in [1.82, 2.24) is 20.5 Å². The average Bonchev–Trinajstić information content (AvgIpc) is 3.46. The lowest BCUT2D eigenvalue weighted by Crippen LogP contribution is -2.47. The first-order chi connectivity index (χ1) is 22.0. The van der Waals surface area contributed by atoms with Crippen LogP contribution in [0, 0.1) is 0 Å². The molecule has 4 aromatic rings. The molecule has 6 rings (SSSR count).